The Bertz CT molecular complexity index is 734. The Hall–Kier alpha value is -1.39. The van der Waals surface area contributed by atoms with Gasteiger partial charge < -0.3 is 10.1 Å². The fourth-order valence-electron chi connectivity index (χ4n) is 8.13. The molecule has 1 aliphatic heterocycles. The molecule has 8 unspecified atom stereocenters. The van der Waals surface area contributed by atoms with Gasteiger partial charge >= 0.3 is 5.97 Å². The monoisotopic (exact) mass is 401 g/mol. The Morgan fingerprint density at radius 3 is 2.55 bits per heavy atom. The van der Waals surface area contributed by atoms with Crippen molar-refractivity contribution in [2.45, 2.75) is 96.6 Å². The zero-order valence-corrected chi connectivity index (χ0v) is 17.9. The first-order valence-corrected chi connectivity index (χ1v) is 11.8. The molecule has 0 bridgehead atoms. The molecule has 29 heavy (non-hydrogen) atoms. The van der Waals surface area contributed by atoms with Crippen LogP contribution < -0.4 is 5.32 Å². The van der Waals surface area contributed by atoms with Crippen LogP contribution in [0.1, 0.15) is 84.5 Å². The maximum atomic E-state index is 12.6. The number of esters is 1. The van der Waals surface area contributed by atoms with E-state index in [2.05, 4.69) is 19.2 Å². The highest BCUT2D eigenvalue weighted by Crippen LogP contribution is 2.65. The summed E-state index contributed by atoms with van der Waals surface area (Å²) in [7, 11) is 0. The molecule has 0 radical (unpaired) electrons. The Kier molecular flexibility index (Phi) is 4.60. The van der Waals surface area contributed by atoms with Gasteiger partial charge in [-0.25, -0.2) is 4.79 Å². The molecule has 5 rings (SSSR count). The molecule has 4 saturated carbocycles. The van der Waals surface area contributed by atoms with Gasteiger partial charge in [-0.05, 0) is 86.9 Å². The van der Waals surface area contributed by atoms with Gasteiger partial charge in [-0.1, -0.05) is 13.8 Å². The molecule has 0 aromatic rings. The average Bonchev–Trinajstić information content (AvgIpc) is 3.25. The van der Waals surface area contributed by atoms with Crippen LogP contribution >= 0.6 is 0 Å². The summed E-state index contributed by atoms with van der Waals surface area (Å²) < 4.78 is 5.85. The molecule has 5 aliphatic rings. The number of Topliss-reactive ketones (excluding diaryl/α,β-unsaturated/α-hetero) is 1. The van der Waals surface area contributed by atoms with Crippen LogP contribution in [0.5, 0.6) is 0 Å². The quantitative estimate of drug-likeness (QED) is 0.715. The van der Waals surface area contributed by atoms with E-state index < -0.39 is 6.04 Å². The lowest BCUT2D eigenvalue weighted by Crippen LogP contribution is -2.54. The van der Waals surface area contributed by atoms with Gasteiger partial charge in [-0.2, -0.15) is 0 Å². The highest BCUT2D eigenvalue weighted by molar-refractivity contribution is 5.88. The van der Waals surface area contributed by atoms with Crippen molar-refractivity contribution in [3.8, 4) is 0 Å². The highest BCUT2D eigenvalue weighted by Gasteiger charge is 2.60. The maximum Gasteiger partial charge on any atom is 0.328 e. The Morgan fingerprint density at radius 2 is 1.79 bits per heavy atom. The first-order chi connectivity index (χ1) is 13.8. The number of ether oxygens (including phenoxy) is 1. The van der Waals surface area contributed by atoms with Gasteiger partial charge in [0.15, 0.2) is 0 Å². The van der Waals surface area contributed by atoms with Crippen molar-refractivity contribution >= 4 is 17.7 Å². The highest BCUT2D eigenvalue weighted by atomic mass is 16.5. The molecule has 5 nitrogen and oxygen atoms in total. The van der Waals surface area contributed by atoms with E-state index in [0.717, 1.165) is 44.4 Å². The number of hydrogen-bond donors (Lipinski definition) is 1. The van der Waals surface area contributed by atoms with E-state index in [-0.39, 0.29) is 23.4 Å². The first kappa shape index (κ1) is 19.6. The van der Waals surface area contributed by atoms with Crippen LogP contribution in [-0.2, 0) is 19.1 Å². The molecule has 1 N–H and O–H groups in total. The summed E-state index contributed by atoms with van der Waals surface area (Å²) in [5.41, 5.74) is 0.267. The minimum atomic E-state index is -0.442. The fraction of sp³-hybridized carbons (Fsp3) is 0.875. The van der Waals surface area contributed by atoms with E-state index in [0.29, 0.717) is 41.8 Å². The molecule has 0 aromatic carbocycles. The Labute approximate surface area is 173 Å². The summed E-state index contributed by atoms with van der Waals surface area (Å²) in [6.07, 6.45) is 10.6. The molecule has 8 atom stereocenters. The lowest BCUT2D eigenvalue weighted by Gasteiger charge is -2.60. The standard InChI is InChI=1S/C24H35NO4/c1-23-11-9-15(29-22(28)19-6-8-21(27)25-19)13-14(23)3-4-16-17-5-7-20(26)24(17,2)12-10-18(16)23/h14-19H,3-13H2,1-2H3,(H,25,27). The fourth-order valence-corrected chi connectivity index (χ4v) is 8.13. The number of ketones is 1. The minimum absolute atomic E-state index is 0.00320. The van der Waals surface area contributed by atoms with E-state index in [1.165, 1.54) is 19.3 Å². The van der Waals surface area contributed by atoms with Gasteiger partial charge in [0.25, 0.3) is 0 Å². The molecule has 0 aromatic heterocycles. The third-order valence-corrected chi connectivity index (χ3v) is 9.89. The molecule has 160 valence electrons. The molecular formula is C24H35NO4. The molecule has 0 spiro atoms. The number of hydrogen-bond acceptors (Lipinski definition) is 4. The van der Waals surface area contributed by atoms with Crippen LogP contribution in [0.25, 0.3) is 0 Å². The van der Waals surface area contributed by atoms with Crippen molar-refractivity contribution in [1.82, 2.24) is 5.32 Å². The zero-order valence-electron chi connectivity index (χ0n) is 17.9. The van der Waals surface area contributed by atoms with Gasteiger partial charge in [-0.3, -0.25) is 9.59 Å². The van der Waals surface area contributed by atoms with Gasteiger partial charge in [0.1, 0.15) is 17.9 Å². The topological polar surface area (TPSA) is 72.5 Å². The second kappa shape index (κ2) is 6.81. The molecule has 1 amide bonds. The van der Waals surface area contributed by atoms with E-state index in [1.807, 2.05) is 0 Å². The molecule has 1 heterocycles. The minimum Gasteiger partial charge on any atom is -0.461 e. The molecule has 4 aliphatic carbocycles. The van der Waals surface area contributed by atoms with Crippen molar-refractivity contribution in [1.29, 1.82) is 0 Å². The summed E-state index contributed by atoms with van der Waals surface area (Å²) in [6, 6.07) is -0.442. The van der Waals surface area contributed by atoms with Crippen LogP contribution in [0.15, 0.2) is 0 Å². The van der Waals surface area contributed by atoms with Crippen molar-refractivity contribution in [3.63, 3.8) is 0 Å². The van der Waals surface area contributed by atoms with E-state index in [9.17, 15) is 14.4 Å². The second-order valence-corrected chi connectivity index (χ2v) is 11.1. The summed E-state index contributed by atoms with van der Waals surface area (Å²) in [4.78, 5) is 36.4. The van der Waals surface area contributed by atoms with E-state index in [1.54, 1.807) is 0 Å². The predicted octanol–water partition coefficient (Wildman–Crippen LogP) is 3.79. The summed E-state index contributed by atoms with van der Waals surface area (Å²) in [6.45, 7) is 4.74. The van der Waals surface area contributed by atoms with E-state index >= 15 is 0 Å². The maximum absolute atomic E-state index is 12.6. The molecule has 1 saturated heterocycles. The van der Waals surface area contributed by atoms with Crippen LogP contribution in [0.4, 0.5) is 0 Å². The van der Waals surface area contributed by atoms with Crippen LogP contribution in [0, 0.1) is 34.5 Å². The van der Waals surface area contributed by atoms with Gasteiger partial charge in [0, 0.05) is 18.3 Å². The number of fused-ring (bicyclic) bond motifs is 5. The molecular weight excluding hydrogens is 366 g/mol. The van der Waals surface area contributed by atoms with E-state index in [4.69, 9.17) is 4.74 Å². The molecule has 5 heteroatoms. The van der Waals surface area contributed by atoms with Gasteiger partial charge in [0.2, 0.25) is 5.91 Å². The number of carbonyl (C=O) groups excluding carboxylic acids is 3. The Balaban J connectivity index is 1.26. The summed E-state index contributed by atoms with van der Waals surface area (Å²) in [5, 5.41) is 2.73. The van der Waals surface area contributed by atoms with Crippen LogP contribution in [0.3, 0.4) is 0 Å². The van der Waals surface area contributed by atoms with Crippen molar-refractivity contribution < 1.29 is 19.1 Å². The number of rotatable bonds is 2. The lowest BCUT2D eigenvalue weighted by atomic mass is 9.45. The predicted molar refractivity (Wildman–Crippen MR) is 108 cm³/mol. The third-order valence-electron chi connectivity index (χ3n) is 9.89. The summed E-state index contributed by atoms with van der Waals surface area (Å²) >= 11 is 0. The first-order valence-electron chi connectivity index (χ1n) is 11.8. The third kappa shape index (κ3) is 2.97. The SMILES string of the molecule is CC12CCC3C(CCC4CC(OC(=O)C5CCC(=O)N5)CCC43C)C1CCC2=O. The number of carbonyl (C=O) groups is 3. The van der Waals surface area contributed by atoms with Crippen molar-refractivity contribution in [3.05, 3.63) is 0 Å². The van der Waals surface area contributed by atoms with Gasteiger partial charge in [0.05, 0.1) is 0 Å². The summed E-state index contributed by atoms with van der Waals surface area (Å²) in [5.74, 6) is 2.85. The van der Waals surface area contributed by atoms with Crippen LogP contribution in [0.2, 0.25) is 0 Å². The zero-order chi connectivity index (χ0) is 20.4. The largest absolute Gasteiger partial charge is 0.461 e. The van der Waals surface area contributed by atoms with Crippen molar-refractivity contribution in [2.75, 3.05) is 0 Å². The molecule has 5 fully saturated rings. The van der Waals surface area contributed by atoms with Crippen LogP contribution in [-0.4, -0.2) is 29.8 Å². The lowest BCUT2D eigenvalue weighted by molar-refractivity contribution is -0.164. The van der Waals surface area contributed by atoms with Gasteiger partial charge in [-0.15, -0.1) is 0 Å². The normalized spacial score (nSPS) is 49.0. The Morgan fingerprint density at radius 1 is 0.966 bits per heavy atom. The number of amides is 1. The average molecular weight is 402 g/mol. The number of nitrogens with one attached hydrogen (secondary N) is 1. The second-order valence-electron chi connectivity index (χ2n) is 11.1. The van der Waals surface area contributed by atoms with Crippen molar-refractivity contribution in [2.24, 2.45) is 34.5 Å². The smallest absolute Gasteiger partial charge is 0.328 e.